The van der Waals surface area contributed by atoms with Gasteiger partial charge in [0.25, 0.3) is 0 Å². The Kier molecular flexibility index (Phi) is 9.27. The summed E-state index contributed by atoms with van der Waals surface area (Å²) in [5.74, 6) is -1.48. The van der Waals surface area contributed by atoms with Crippen LogP contribution in [0.1, 0.15) is 37.7 Å². The van der Waals surface area contributed by atoms with Crippen molar-refractivity contribution in [1.82, 2.24) is 10.6 Å². The maximum atomic E-state index is 12.3. The first kappa shape index (κ1) is 23.3. The SMILES string of the molecule is COC(=O)[C@@H](NC(=O)C[C@@H](O)CNC(=O)OCc1ccccc1)[C@@H]1CCCC(=O)C1. The Labute approximate surface area is 175 Å². The zero-order valence-corrected chi connectivity index (χ0v) is 17.0. The molecular formula is C21H28N2O7. The fraction of sp³-hybridized carbons (Fsp3) is 0.524. The van der Waals surface area contributed by atoms with Crippen LogP contribution in [0.3, 0.4) is 0 Å². The van der Waals surface area contributed by atoms with Gasteiger partial charge >= 0.3 is 12.1 Å². The second-order valence-corrected chi connectivity index (χ2v) is 7.26. The number of esters is 1. The van der Waals surface area contributed by atoms with Gasteiger partial charge in [-0.05, 0) is 24.3 Å². The predicted molar refractivity (Wildman–Crippen MR) is 106 cm³/mol. The van der Waals surface area contributed by atoms with Crippen LogP contribution in [0.25, 0.3) is 0 Å². The van der Waals surface area contributed by atoms with Crippen LogP contribution in [0.4, 0.5) is 4.79 Å². The van der Waals surface area contributed by atoms with Crippen molar-refractivity contribution in [2.45, 2.75) is 50.9 Å². The minimum Gasteiger partial charge on any atom is -0.467 e. The molecule has 0 unspecified atom stereocenters. The summed E-state index contributed by atoms with van der Waals surface area (Å²) in [5, 5.41) is 15.0. The highest BCUT2D eigenvalue weighted by atomic mass is 16.5. The largest absolute Gasteiger partial charge is 0.467 e. The van der Waals surface area contributed by atoms with Gasteiger partial charge in [0.05, 0.1) is 19.6 Å². The third-order valence-corrected chi connectivity index (χ3v) is 4.88. The summed E-state index contributed by atoms with van der Waals surface area (Å²) < 4.78 is 9.78. The number of nitrogens with one attached hydrogen (secondary N) is 2. The number of methoxy groups -OCH3 is 1. The summed E-state index contributed by atoms with van der Waals surface area (Å²) in [6, 6.07) is 8.17. The Bertz CT molecular complexity index is 738. The fourth-order valence-electron chi connectivity index (χ4n) is 3.33. The van der Waals surface area contributed by atoms with E-state index in [4.69, 9.17) is 9.47 Å². The first-order valence-corrected chi connectivity index (χ1v) is 9.90. The maximum Gasteiger partial charge on any atom is 0.407 e. The van der Waals surface area contributed by atoms with E-state index in [9.17, 15) is 24.3 Å². The molecule has 2 amide bonds. The standard InChI is InChI=1S/C21H28N2O7/c1-29-20(27)19(15-8-5-9-16(24)10-15)23-18(26)11-17(25)12-22-21(28)30-13-14-6-3-2-4-7-14/h2-4,6-7,15,17,19,25H,5,8-13H2,1H3,(H,22,28)(H,23,26)/t15-,17-,19+/m1/s1. The molecule has 9 nitrogen and oxygen atoms in total. The molecule has 30 heavy (non-hydrogen) atoms. The van der Waals surface area contributed by atoms with Crippen molar-refractivity contribution in [2.24, 2.45) is 5.92 Å². The lowest BCUT2D eigenvalue weighted by atomic mass is 9.83. The van der Waals surface area contributed by atoms with Crippen LogP contribution in [-0.2, 0) is 30.5 Å². The van der Waals surface area contributed by atoms with Crippen LogP contribution < -0.4 is 10.6 Å². The summed E-state index contributed by atoms with van der Waals surface area (Å²) in [6.45, 7) is -0.101. The van der Waals surface area contributed by atoms with E-state index < -0.39 is 30.1 Å². The second-order valence-electron chi connectivity index (χ2n) is 7.26. The van der Waals surface area contributed by atoms with Crippen molar-refractivity contribution in [2.75, 3.05) is 13.7 Å². The van der Waals surface area contributed by atoms with Crippen LogP contribution in [0.2, 0.25) is 0 Å². The lowest BCUT2D eigenvalue weighted by Gasteiger charge is -2.28. The summed E-state index contributed by atoms with van der Waals surface area (Å²) >= 11 is 0. The molecule has 3 atom stereocenters. The van der Waals surface area contributed by atoms with Crippen molar-refractivity contribution in [3.05, 3.63) is 35.9 Å². The van der Waals surface area contributed by atoms with E-state index in [0.29, 0.717) is 19.3 Å². The van der Waals surface area contributed by atoms with E-state index in [1.54, 1.807) is 0 Å². The Balaban J connectivity index is 1.75. The average Bonchev–Trinajstić information content (AvgIpc) is 2.74. The molecule has 0 radical (unpaired) electrons. The maximum absolute atomic E-state index is 12.3. The number of aliphatic hydroxyl groups is 1. The molecule has 2 rings (SSSR count). The topological polar surface area (TPSA) is 131 Å². The normalized spacial score (nSPS) is 18.1. The Hall–Kier alpha value is -2.94. The van der Waals surface area contributed by atoms with E-state index in [2.05, 4.69) is 10.6 Å². The van der Waals surface area contributed by atoms with Gasteiger partial charge in [0, 0.05) is 19.4 Å². The number of amides is 2. The molecular weight excluding hydrogens is 392 g/mol. The molecule has 1 aromatic rings. The summed E-state index contributed by atoms with van der Waals surface area (Å²) in [7, 11) is 1.21. The lowest BCUT2D eigenvalue weighted by Crippen LogP contribution is -2.49. The van der Waals surface area contributed by atoms with Gasteiger partial charge in [-0.25, -0.2) is 9.59 Å². The molecule has 1 saturated carbocycles. The van der Waals surface area contributed by atoms with Gasteiger partial charge in [0.15, 0.2) is 0 Å². The molecule has 0 heterocycles. The zero-order chi connectivity index (χ0) is 21.9. The highest BCUT2D eigenvalue weighted by molar-refractivity contribution is 5.86. The Morgan fingerprint density at radius 1 is 1.23 bits per heavy atom. The molecule has 0 bridgehead atoms. The van der Waals surface area contributed by atoms with Gasteiger partial charge in [-0.2, -0.15) is 0 Å². The van der Waals surface area contributed by atoms with Crippen LogP contribution in [0.15, 0.2) is 30.3 Å². The molecule has 9 heteroatoms. The van der Waals surface area contributed by atoms with Gasteiger partial charge in [-0.3, -0.25) is 9.59 Å². The number of hydrogen-bond acceptors (Lipinski definition) is 7. The monoisotopic (exact) mass is 420 g/mol. The third-order valence-electron chi connectivity index (χ3n) is 4.88. The number of ether oxygens (including phenoxy) is 2. The Morgan fingerprint density at radius 2 is 1.97 bits per heavy atom. The van der Waals surface area contributed by atoms with E-state index in [-0.39, 0.29) is 37.7 Å². The number of ketones is 1. The number of aliphatic hydroxyl groups excluding tert-OH is 1. The van der Waals surface area contributed by atoms with E-state index >= 15 is 0 Å². The fourth-order valence-corrected chi connectivity index (χ4v) is 3.33. The minimum atomic E-state index is -1.17. The number of Topliss-reactive ketones (excluding diaryl/α,β-unsaturated/α-hetero) is 1. The van der Waals surface area contributed by atoms with Crippen molar-refractivity contribution >= 4 is 23.8 Å². The van der Waals surface area contributed by atoms with Crippen LogP contribution in [-0.4, -0.2) is 54.7 Å². The van der Waals surface area contributed by atoms with E-state index in [1.807, 2.05) is 30.3 Å². The highest BCUT2D eigenvalue weighted by Crippen LogP contribution is 2.25. The predicted octanol–water partition coefficient (Wildman–Crippen LogP) is 1.08. The molecule has 1 aliphatic carbocycles. The first-order valence-electron chi connectivity index (χ1n) is 9.90. The van der Waals surface area contributed by atoms with E-state index in [0.717, 1.165) is 5.56 Å². The van der Waals surface area contributed by atoms with Crippen LogP contribution in [0, 0.1) is 5.92 Å². The van der Waals surface area contributed by atoms with Gasteiger partial charge in [-0.15, -0.1) is 0 Å². The van der Waals surface area contributed by atoms with Crippen LogP contribution in [0.5, 0.6) is 0 Å². The quantitative estimate of drug-likeness (QED) is 0.510. The van der Waals surface area contributed by atoms with Crippen molar-refractivity contribution in [1.29, 1.82) is 0 Å². The molecule has 1 aliphatic rings. The molecule has 1 aromatic carbocycles. The summed E-state index contributed by atoms with van der Waals surface area (Å²) in [6.07, 6.45) is -0.242. The van der Waals surface area contributed by atoms with Crippen molar-refractivity contribution in [3.8, 4) is 0 Å². The van der Waals surface area contributed by atoms with Gasteiger partial charge < -0.3 is 25.2 Å². The van der Waals surface area contributed by atoms with Gasteiger partial charge in [0.2, 0.25) is 5.91 Å². The number of alkyl carbamates (subject to hydrolysis) is 1. The molecule has 0 aromatic heterocycles. The third kappa shape index (κ3) is 7.82. The molecule has 0 saturated heterocycles. The smallest absolute Gasteiger partial charge is 0.407 e. The lowest BCUT2D eigenvalue weighted by molar-refractivity contribution is -0.147. The van der Waals surface area contributed by atoms with E-state index in [1.165, 1.54) is 7.11 Å². The molecule has 1 fully saturated rings. The second kappa shape index (κ2) is 11.9. The molecule has 0 spiro atoms. The van der Waals surface area contributed by atoms with Crippen molar-refractivity contribution in [3.63, 3.8) is 0 Å². The zero-order valence-electron chi connectivity index (χ0n) is 17.0. The number of hydrogen-bond donors (Lipinski definition) is 3. The van der Waals surface area contributed by atoms with Gasteiger partial charge in [-0.1, -0.05) is 30.3 Å². The first-order chi connectivity index (χ1) is 14.4. The Morgan fingerprint density at radius 3 is 2.63 bits per heavy atom. The van der Waals surface area contributed by atoms with Crippen LogP contribution >= 0.6 is 0 Å². The highest BCUT2D eigenvalue weighted by Gasteiger charge is 2.34. The van der Waals surface area contributed by atoms with Gasteiger partial charge in [0.1, 0.15) is 18.4 Å². The number of benzene rings is 1. The molecule has 164 valence electrons. The average molecular weight is 420 g/mol. The van der Waals surface area contributed by atoms with Crippen molar-refractivity contribution < 1.29 is 33.8 Å². The summed E-state index contributed by atoms with van der Waals surface area (Å²) in [5.41, 5.74) is 0.822. The summed E-state index contributed by atoms with van der Waals surface area (Å²) in [4.78, 5) is 47.7. The molecule has 0 aliphatic heterocycles. The number of carbonyl (C=O) groups excluding carboxylic acids is 4. The molecule has 3 N–H and O–H groups in total. The minimum absolute atomic E-state index is 0.0488. The number of rotatable bonds is 9. The number of carbonyl (C=O) groups is 4.